The summed E-state index contributed by atoms with van der Waals surface area (Å²) in [7, 11) is 2.25. The fourth-order valence-corrected chi connectivity index (χ4v) is 4.90. The van der Waals surface area contributed by atoms with Crippen LogP contribution in [-0.4, -0.2) is 54.6 Å². The van der Waals surface area contributed by atoms with Gasteiger partial charge in [0.2, 0.25) is 0 Å². The summed E-state index contributed by atoms with van der Waals surface area (Å²) in [5.41, 5.74) is 6.98. The molecule has 1 aliphatic heterocycles. The standard InChI is InChI=1S/C16H33N3/c1-13-9-15(3,4)11-16(13,12-17)19-8-6-7-18(5)10-14(19)2/h13-14H,6-12,17H2,1-5H3. The Morgan fingerprint density at radius 2 is 1.89 bits per heavy atom. The van der Waals surface area contributed by atoms with Crippen LogP contribution in [-0.2, 0) is 0 Å². The van der Waals surface area contributed by atoms with Crippen molar-refractivity contribution >= 4 is 0 Å². The molecule has 1 saturated heterocycles. The molecule has 3 unspecified atom stereocenters. The van der Waals surface area contributed by atoms with Crippen LogP contribution >= 0.6 is 0 Å². The first-order valence-corrected chi connectivity index (χ1v) is 7.96. The average Bonchev–Trinajstić information content (AvgIpc) is 2.43. The van der Waals surface area contributed by atoms with Crippen LogP contribution in [0.5, 0.6) is 0 Å². The molecule has 0 aromatic heterocycles. The van der Waals surface area contributed by atoms with Gasteiger partial charge >= 0.3 is 0 Å². The molecule has 112 valence electrons. The van der Waals surface area contributed by atoms with Crippen LogP contribution in [0.1, 0.15) is 47.0 Å². The highest BCUT2D eigenvalue weighted by atomic mass is 15.3. The molecule has 0 radical (unpaired) electrons. The third-order valence-corrected chi connectivity index (χ3v) is 5.53. The summed E-state index contributed by atoms with van der Waals surface area (Å²) in [4.78, 5) is 5.23. The maximum absolute atomic E-state index is 6.30. The van der Waals surface area contributed by atoms with E-state index in [2.05, 4.69) is 44.5 Å². The van der Waals surface area contributed by atoms with Gasteiger partial charge in [0.25, 0.3) is 0 Å². The smallest absolute Gasteiger partial charge is 0.0365 e. The summed E-state index contributed by atoms with van der Waals surface area (Å²) in [5.74, 6) is 0.707. The lowest BCUT2D eigenvalue weighted by Gasteiger charge is -2.47. The number of hydrogen-bond donors (Lipinski definition) is 1. The second-order valence-electron chi connectivity index (χ2n) is 7.91. The molecule has 3 heteroatoms. The Labute approximate surface area is 119 Å². The van der Waals surface area contributed by atoms with Crippen molar-refractivity contribution in [2.45, 2.75) is 58.5 Å². The predicted octanol–water partition coefficient (Wildman–Crippen LogP) is 2.17. The summed E-state index contributed by atoms with van der Waals surface area (Å²) >= 11 is 0. The van der Waals surface area contributed by atoms with E-state index < -0.39 is 0 Å². The molecule has 0 aromatic rings. The Balaban J connectivity index is 2.25. The van der Waals surface area contributed by atoms with Gasteiger partial charge in [-0.05, 0) is 51.1 Å². The van der Waals surface area contributed by atoms with Gasteiger partial charge in [0.05, 0.1) is 0 Å². The summed E-state index contributed by atoms with van der Waals surface area (Å²) < 4.78 is 0. The Morgan fingerprint density at radius 3 is 2.42 bits per heavy atom. The van der Waals surface area contributed by atoms with Gasteiger partial charge in [-0.25, -0.2) is 0 Å². The molecule has 2 N–H and O–H groups in total. The second-order valence-corrected chi connectivity index (χ2v) is 7.91. The minimum Gasteiger partial charge on any atom is -0.329 e. The van der Waals surface area contributed by atoms with Crippen molar-refractivity contribution in [3.63, 3.8) is 0 Å². The SMILES string of the molecule is CC1CN(C)CCCN1C1(CN)CC(C)(C)CC1C. The van der Waals surface area contributed by atoms with E-state index in [0.717, 1.165) is 6.54 Å². The first-order chi connectivity index (χ1) is 8.81. The van der Waals surface area contributed by atoms with E-state index in [0.29, 0.717) is 17.4 Å². The van der Waals surface area contributed by atoms with Crippen molar-refractivity contribution in [3.8, 4) is 0 Å². The number of nitrogens with zero attached hydrogens (tertiary/aromatic N) is 2. The van der Waals surface area contributed by atoms with E-state index in [1.54, 1.807) is 0 Å². The van der Waals surface area contributed by atoms with Crippen molar-refractivity contribution < 1.29 is 0 Å². The van der Waals surface area contributed by atoms with E-state index >= 15 is 0 Å². The van der Waals surface area contributed by atoms with Crippen LogP contribution in [0.15, 0.2) is 0 Å². The molecular formula is C16H33N3. The number of likely N-dealkylation sites (N-methyl/N-ethyl adjacent to an activating group) is 1. The van der Waals surface area contributed by atoms with Crippen molar-refractivity contribution in [1.29, 1.82) is 0 Å². The van der Waals surface area contributed by atoms with Gasteiger partial charge in [0.1, 0.15) is 0 Å². The summed E-state index contributed by atoms with van der Waals surface area (Å²) in [5, 5.41) is 0. The van der Waals surface area contributed by atoms with E-state index in [4.69, 9.17) is 5.73 Å². The van der Waals surface area contributed by atoms with Gasteiger partial charge in [-0.3, -0.25) is 4.90 Å². The van der Waals surface area contributed by atoms with Gasteiger partial charge in [-0.15, -0.1) is 0 Å². The van der Waals surface area contributed by atoms with E-state index in [9.17, 15) is 0 Å². The van der Waals surface area contributed by atoms with Gasteiger partial charge in [-0.2, -0.15) is 0 Å². The third kappa shape index (κ3) is 2.84. The van der Waals surface area contributed by atoms with Crippen LogP contribution in [0.2, 0.25) is 0 Å². The number of hydrogen-bond acceptors (Lipinski definition) is 3. The monoisotopic (exact) mass is 267 g/mol. The Morgan fingerprint density at radius 1 is 1.21 bits per heavy atom. The lowest BCUT2D eigenvalue weighted by Crippen LogP contribution is -2.60. The minimum absolute atomic E-state index is 0.230. The molecule has 1 aliphatic carbocycles. The molecule has 3 nitrogen and oxygen atoms in total. The first kappa shape index (κ1) is 15.3. The average molecular weight is 267 g/mol. The van der Waals surface area contributed by atoms with E-state index in [1.807, 2.05) is 0 Å². The molecule has 0 aromatic carbocycles. The molecule has 19 heavy (non-hydrogen) atoms. The third-order valence-electron chi connectivity index (χ3n) is 5.53. The van der Waals surface area contributed by atoms with Crippen LogP contribution in [0, 0.1) is 11.3 Å². The zero-order valence-corrected chi connectivity index (χ0v) is 13.6. The summed E-state index contributed by atoms with van der Waals surface area (Å²) in [6.45, 7) is 14.0. The quantitative estimate of drug-likeness (QED) is 0.832. The molecule has 1 saturated carbocycles. The molecule has 3 atom stereocenters. The molecule has 0 spiro atoms. The van der Waals surface area contributed by atoms with Gasteiger partial charge < -0.3 is 10.6 Å². The lowest BCUT2D eigenvalue weighted by molar-refractivity contribution is 0.0273. The van der Waals surface area contributed by atoms with Crippen molar-refractivity contribution in [3.05, 3.63) is 0 Å². The Kier molecular flexibility index (Phi) is 4.29. The fraction of sp³-hybridized carbons (Fsp3) is 1.00. The first-order valence-electron chi connectivity index (χ1n) is 7.96. The highest BCUT2D eigenvalue weighted by Gasteiger charge is 2.52. The Bertz CT molecular complexity index is 315. The number of rotatable bonds is 2. The highest BCUT2D eigenvalue weighted by Crippen LogP contribution is 2.50. The molecular weight excluding hydrogens is 234 g/mol. The maximum atomic E-state index is 6.30. The van der Waals surface area contributed by atoms with E-state index in [-0.39, 0.29) is 5.54 Å². The van der Waals surface area contributed by atoms with Crippen LogP contribution in [0.25, 0.3) is 0 Å². The zero-order valence-electron chi connectivity index (χ0n) is 13.6. The normalized spacial score (nSPS) is 41.4. The van der Waals surface area contributed by atoms with E-state index in [1.165, 1.54) is 38.9 Å². The van der Waals surface area contributed by atoms with Gasteiger partial charge in [0.15, 0.2) is 0 Å². The minimum atomic E-state index is 0.230. The van der Waals surface area contributed by atoms with Gasteiger partial charge in [0, 0.05) is 31.2 Å². The molecule has 1 heterocycles. The Hall–Kier alpha value is -0.120. The topological polar surface area (TPSA) is 32.5 Å². The maximum Gasteiger partial charge on any atom is 0.0365 e. The van der Waals surface area contributed by atoms with Gasteiger partial charge in [-0.1, -0.05) is 20.8 Å². The summed E-state index contributed by atoms with van der Waals surface area (Å²) in [6, 6.07) is 0.618. The second kappa shape index (κ2) is 5.34. The largest absolute Gasteiger partial charge is 0.329 e. The van der Waals surface area contributed by atoms with Crippen molar-refractivity contribution in [2.24, 2.45) is 17.1 Å². The van der Waals surface area contributed by atoms with Crippen LogP contribution < -0.4 is 5.73 Å². The molecule has 2 aliphatic rings. The summed E-state index contributed by atoms with van der Waals surface area (Å²) in [6.07, 6.45) is 3.84. The molecule has 0 bridgehead atoms. The zero-order chi connectivity index (χ0) is 14.3. The molecule has 2 fully saturated rings. The number of nitrogens with two attached hydrogens (primary N) is 1. The predicted molar refractivity (Wildman–Crippen MR) is 82.2 cm³/mol. The highest BCUT2D eigenvalue weighted by molar-refractivity contribution is 5.07. The van der Waals surface area contributed by atoms with Crippen LogP contribution in [0.3, 0.4) is 0 Å². The molecule has 2 rings (SSSR count). The van der Waals surface area contributed by atoms with Crippen LogP contribution in [0.4, 0.5) is 0 Å². The van der Waals surface area contributed by atoms with Crippen molar-refractivity contribution in [2.75, 3.05) is 33.2 Å². The lowest BCUT2D eigenvalue weighted by atomic mass is 9.83. The van der Waals surface area contributed by atoms with Crippen molar-refractivity contribution in [1.82, 2.24) is 9.80 Å². The fourth-order valence-electron chi connectivity index (χ4n) is 4.90. The molecule has 0 amide bonds.